The van der Waals surface area contributed by atoms with Crippen molar-refractivity contribution in [2.75, 3.05) is 31.7 Å². The molecular formula is C10H18N4OS. The van der Waals surface area contributed by atoms with Crippen molar-refractivity contribution in [3.8, 4) is 0 Å². The van der Waals surface area contributed by atoms with Crippen molar-refractivity contribution >= 4 is 18.2 Å². The van der Waals surface area contributed by atoms with Crippen LogP contribution in [0, 0.1) is 4.77 Å². The molecule has 0 spiro atoms. The monoisotopic (exact) mass is 242 g/mol. The summed E-state index contributed by atoms with van der Waals surface area (Å²) in [6.45, 7) is 4.88. The van der Waals surface area contributed by atoms with E-state index in [0.29, 0.717) is 11.4 Å². The van der Waals surface area contributed by atoms with Crippen LogP contribution in [0.2, 0.25) is 0 Å². The Bertz CT molecular complexity index is 394. The van der Waals surface area contributed by atoms with Crippen LogP contribution in [-0.2, 0) is 4.74 Å². The Hall–Kier alpha value is -0.880. The third-order valence-electron chi connectivity index (χ3n) is 2.92. The van der Waals surface area contributed by atoms with Crippen LogP contribution in [-0.4, -0.2) is 41.6 Å². The lowest BCUT2D eigenvalue weighted by Crippen LogP contribution is -2.24. The molecule has 0 bridgehead atoms. The molecule has 1 aromatic rings. The fraction of sp³-hybridized carbons (Fsp3) is 0.800. The Kier molecular flexibility index (Phi) is 3.60. The highest BCUT2D eigenvalue weighted by Gasteiger charge is 2.20. The first kappa shape index (κ1) is 11.6. The molecule has 1 atom stereocenters. The second-order valence-corrected chi connectivity index (χ2v) is 4.58. The minimum atomic E-state index is 0.215. The molecule has 1 N–H and O–H groups in total. The number of hydrogen-bond donors (Lipinski definition) is 1. The molecule has 6 heteroatoms. The van der Waals surface area contributed by atoms with Gasteiger partial charge in [-0.05, 0) is 32.0 Å². The van der Waals surface area contributed by atoms with Crippen molar-refractivity contribution in [3.05, 3.63) is 4.77 Å². The lowest BCUT2D eigenvalue weighted by Gasteiger charge is -2.20. The fourth-order valence-corrected chi connectivity index (χ4v) is 2.46. The van der Waals surface area contributed by atoms with E-state index in [9.17, 15) is 0 Å². The summed E-state index contributed by atoms with van der Waals surface area (Å²) < 4.78 is 7.89. The quantitative estimate of drug-likeness (QED) is 0.817. The van der Waals surface area contributed by atoms with E-state index in [-0.39, 0.29) is 6.04 Å². The van der Waals surface area contributed by atoms with Crippen LogP contribution in [0.3, 0.4) is 0 Å². The molecule has 90 valence electrons. The van der Waals surface area contributed by atoms with Gasteiger partial charge in [0, 0.05) is 20.2 Å². The van der Waals surface area contributed by atoms with Crippen molar-refractivity contribution in [1.82, 2.24) is 14.8 Å². The normalized spacial score (nSPS) is 18.0. The number of nitrogens with zero attached hydrogens (tertiary/aromatic N) is 3. The van der Waals surface area contributed by atoms with Gasteiger partial charge in [-0.3, -0.25) is 4.57 Å². The van der Waals surface area contributed by atoms with Crippen LogP contribution in [0.5, 0.6) is 0 Å². The molecule has 0 saturated carbocycles. The Labute approximate surface area is 100 Å². The van der Waals surface area contributed by atoms with Crippen LogP contribution in [0.15, 0.2) is 0 Å². The zero-order valence-corrected chi connectivity index (χ0v) is 10.6. The fourth-order valence-electron chi connectivity index (χ4n) is 2.15. The number of methoxy groups -OCH3 is 1. The van der Waals surface area contributed by atoms with Crippen LogP contribution in [0.1, 0.15) is 25.8 Å². The number of anilines is 1. The highest BCUT2D eigenvalue weighted by Crippen LogP contribution is 2.21. The minimum absolute atomic E-state index is 0.215. The zero-order valence-electron chi connectivity index (χ0n) is 9.77. The molecule has 0 radical (unpaired) electrons. The summed E-state index contributed by atoms with van der Waals surface area (Å²) in [5.74, 6) is 0.951. The Morgan fingerprint density at radius 3 is 2.81 bits per heavy atom. The van der Waals surface area contributed by atoms with Gasteiger partial charge in [-0.15, -0.1) is 5.10 Å². The van der Waals surface area contributed by atoms with Crippen LogP contribution >= 0.6 is 12.2 Å². The lowest BCUT2D eigenvalue weighted by atomic mass is 10.3. The molecule has 2 heterocycles. The largest absolute Gasteiger partial charge is 0.383 e. The molecule has 1 aromatic heterocycles. The third kappa shape index (κ3) is 2.12. The topological polar surface area (TPSA) is 46.1 Å². The summed E-state index contributed by atoms with van der Waals surface area (Å²) in [4.78, 5) is 2.28. The molecule has 2 rings (SSSR count). The minimum Gasteiger partial charge on any atom is -0.383 e. The number of hydrogen-bond acceptors (Lipinski definition) is 4. The van der Waals surface area contributed by atoms with Crippen molar-refractivity contribution in [2.45, 2.75) is 25.8 Å². The van der Waals surface area contributed by atoms with Gasteiger partial charge in [-0.1, -0.05) is 0 Å². The van der Waals surface area contributed by atoms with E-state index in [1.54, 1.807) is 7.11 Å². The lowest BCUT2D eigenvalue weighted by molar-refractivity contribution is 0.162. The van der Waals surface area contributed by atoms with E-state index in [1.165, 1.54) is 12.8 Å². The second kappa shape index (κ2) is 4.97. The van der Waals surface area contributed by atoms with Crippen molar-refractivity contribution in [2.24, 2.45) is 0 Å². The predicted octanol–water partition coefficient (Wildman–Crippen LogP) is 1.75. The summed E-state index contributed by atoms with van der Waals surface area (Å²) in [5, 5.41) is 7.19. The van der Waals surface area contributed by atoms with Gasteiger partial charge < -0.3 is 9.64 Å². The first-order chi connectivity index (χ1) is 7.74. The Balaban J connectivity index is 2.27. The number of H-pyrrole nitrogens is 1. The molecule has 1 aliphatic heterocycles. The molecule has 1 saturated heterocycles. The van der Waals surface area contributed by atoms with Gasteiger partial charge in [0.05, 0.1) is 12.6 Å². The maximum absolute atomic E-state index is 5.26. The van der Waals surface area contributed by atoms with Gasteiger partial charge in [0.25, 0.3) is 0 Å². The first-order valence-corrected chi connectivity index (χ1v) is 6.05. The van der Waals surface area contributed by atoms with E-state index in [2.05, 4.69) is 22.0 Å². The molecule has 0 aromatic carbocycles. The summed E-state index contributed by atoms with van der Waals surface area (Å²) in [5.41, 5.74) is 0. The highest BCUT2D eigenvalue weighted by molar-refractivity contribution is 7.71. The molecule has 1 unspecified atom stereocenters. The summed E-state index contributed by atoms with van der Waals surface area (Å²) >= 11 is 5.26. The summed E-state index contributed by atoms with van der Waals surface area (Å²) in [6.07, 6.45) is 2.47. The van der Waals surface area contributed by atoms with Gasteiger partial charge >= 0.3 is 0 Å². The van der Waals surface area contributed by atoms with Crippen LogP contribution in [0.25, 0.3) is 0 Å². The van der Waals surface area contributed by atoms with Crippen molar-refractivity contribution < 1.29 is 4.74 Å². The molecule has 16 heavy (non-hydrogen) atoms. The smallest absolute Gasteiger partial charge is 0.226 e. The number of ether oxygens (including phenoxy) is 1. The van der Waals surface area contributed by atoms with Gasteiger partial charge in [0.1, 0.15) is 0 Å². The van der Waals surface area contributed by atoms with E-state index in [4.69, 9.17) is 17.0 Å². The molecule has 1 fully saturated rings. The van der Waals surface area contributed by atoms with Crippen LogP contribution < -0.4 is 4.90 Å². The molecule has 5 nitrogen and oxygen atoms in total. The maximum Gasteiger partial charge on any atom is 0.226 e. The summed E-state index contributed by atoms with van der Waals surface area (Å²) in [7, 11) is 1.70. The third-order valence-corrected chi connectivity index (χ3v) is 3.21. The average Bonchev–Trinajstić information content (AvgIpc) is 2.86. The van der Waals surface area contributed by atoms with E-state index in [1.807, 2.05) is 4.57 Å². The molecule has 0 amide bonds. The van der Waals surface area contributed by atoms with Gasteiger partial charge in [-0.25, -0.2) is 5.10 Å². The molecule has 1 aliphatic rings. The zero-order chi connectivity index (χ0) is 11.5. The van der Waals surface area contributed by atoms with Crippen molar-refractivity contribution in [3.63, 3.8) is 0 Å². The molecule has 0 aliphatic carbocycles. The number of nitrogens with one attached hydrogen (secondary N) is 1. The number of aromatic nitrogens is 3. The summed E-state index contributed by atoms with van der Waals surface area (Å²) in [6, 6.07) is 0.215. The first-order valence-electron chi connectivity index (χ1n) is 5.65. The van der Waals surface area contributed by atoms with Crippen LogP contribution in [0.4, 0.5) is 5.95 Å². The SMILES string of the molecule is COCC(C)n1c(N2CCCC2)n[nH]c1=S. The van der Waals surface area contributed by atoms with Crippen molar-refractivity contribution in [1.29, 1.82) is 0 Å². The average molecular weight is 242 g/mol. The van der Waals surface area contributed by atoms with Gasteiger partial charge in [-0.2, -0.15) is 0 Å². The highest BCUT2D eigenvalue weighted by atomic mass is 32.1. The number of rotatable bonds is 4. The van der Waals surface area contributed by atoms with Gasteiger partial charge in [0.2, 0.25) is 5.95 Å². The number of aromatic amines is 1. The Morgan fingerprint density at radius 1 is 1.50 bits per heavy atom. The standard InChI is InChI=1S/C10H18N4OS/c1-8(7-15-2)14-9(11-12-10(14)16)13-5-3-4-6-13/h8H,3-7H2,1-2H3,(H,12,16). The van der Waals surface area contributed by atoms with Gasteiger partial charge in [0.15, 0.2) is 4.77 Å². The predicted molar refractivity (Wildman–Crippen MR) is 65.4 cm³/mol. The van der Waals surface area contributed by atoms with E-state index >= 15 is 0 Å². The molecular weight excluding hydrogens is 224 g/mol. The van der Waals surface area contributed by atoms with E-state index in [0.717, 1.165) is 19.0 Å². The van der Waals surface area contributed by atoms with E-state index < -0.39 is 0 Å². The maximum atomic E-state index is 5.26. The second-order valence-electron chi connectivity index (χ2n) is 4.20. The Morgan fingerprint density at radius 2 is 2.19 bits per heavy atom.